The number of nitrogens with zero attached hydrogens (tertiary/aromatic N) is 1. The van der Waals surface area contributed by atoms with Gasteiger partial charge in [0.25, 0.3) is 5.88 Å². The molecule has 1 aromatic heterocycles. The van der Waals surface area contributed by atoms with Crippen LogP contribution in [0.15, 0.2) is 52.5 Å². The molecule has 17 heteroatoms. The van der Waals surface area contributed by atoms with E-state index in [1.165, 1.54) is 44.2 Å². The number of hydrogen-bond donors (Lipinski definition) is 2. The van der Waals surface area contributed by atoms with Crippen molar-refractivity contribution in [2.75, 3.05) is 17.1 Å². The van der Waals surface area contributed by atoms with Gasteiger partial charge in [-0.2, -0.15) is 0 Å². The Morgan fingerprint density at radius 2 is 1.67 bits per heavy atom. The fourth-order valence-electron chi connectivity index (χ4n) is 4.11. The van der Waals surface area contributed by atoms with Gasteiger partial charge in [0.05, 0.1) is 21.4 Å². The molecule has 1 atom stereocenters. The highest BCUT2D eigenvalue weighted by Gasteiger charge is 2.50. The SMILES string of the molecule is CC1(c2cccc(Cl)c2F)OC(N)=C(O[Si](C)(C)C)C1=O.CCS(=O)(=O)N(C)c1oc(-c2cccc(Cl)c2F)c(O)c1OC(C)=O. The number of carbonyl (C=O) groups is 2. The Hall–Kier alpha value is -3.79. The van der Waals surface area contributed by atoms with Crippen LogP contribution in [0.3, 0.4) is 0 Å². The predicted octanol–water partition coefficient (Wildman–Crippen LogP) is 6.43. The predicted molar refractivity (Wildman–Crippen MR) is 170 cm³/mol. The van der Waals surface area contributed by atoms with Gasteiger partial charge in [0, 0.05) is 19.5 Å². The summed E-state index contributed by atoms with van der Waals surface area (Å²) < 4.78 is 74.6. The maximum Gasteiger partial charge on any atom is 0.308 e. The first kappa shape index (κ1) is 36.7. The van der Waals surface area contributed by atoms with Crippen molar-refractivity contribution in [2.45, 2.75) is 46.0 Å². The third kappa shape index (κ3) is 7.43. The summed E-state index contributed by atoms with van der Waals surface area (Å²) in [4.78, 5) is 23.9. The average molecular weight is 722 g/mol. The molecular formula is C29H32Cl2F2N2O9SSi. The van der Waals surface area contributed by atoms with Crippen LogP contribution in [0, 0.1) is 11.6 Å². The van der Waals surface area contributed by atoms with Gasteiger partial charge in [0.2, 0.25) is 52.9 Å². The fourth-order valence-corrected chi connectivity index (χ4v) is 6.03. The van der Waals surface area contributed by atoms with Crippen molar-refractivity contribution in [3.8, 4) is 22.8 Å². The van der Waals surface area contributed by atoms with Crippen molar-refractivity contribution in [2.24, 2.45) is 5.73 Å². The van der Waals surface area contributed by atoms with Gasteiger partial charge in [-0.3, -0.25) is 9.59 Å². The first-order valence-electron chi connectivity index (χ1n) is 13.5. The summed E-state index contributed by atoms with van der Waals surface area (Å²) in [5, 5.41) is 10.0. The van der Waals surface area contributed by atoms with Crippen molar-refractivity contribution in [1.82, 2.24) is 0 Å². The monoisotopic (exact) mass is 720 g/mol. The third-order valence-corrected chi connectivity index (χ3v) is 9.51. The molecule has 0 radical (unpaired) electrons. The van der Waals surface area contributed by atoms with Crippen LogP contribution < -0.4 is 14.8 Å². The van der Waals surface area contributed by atoms with Gasteiger partial charge in [0.15, 0.2) is 11.6 Å². The lowest BCUT2D eigenvalue weighted by molar-refractivity contribution is -0.132. The summed E-state index contributed by atoms with van der Waals surface area (Å²) >= 11 is 11.5. The van der Waals surface area contributed by atoms with Crippen LogP contribution in [0.4, 0.5) is 14.7 Å². The molecule has 250 valence electrons. The molecule has 3 aromatic rings. The number of hydrogen-bond acceptors (Lipinski definition) is 10. The number of ether oxygens (including phenoxy) is 2. The summed E-state index contributed by atoms with van der Waals surface area (Å²) in [6.45, 7) is 9.65. The van der Waals surface area contributed by atoms with Crippen LogP contribution in [0.5, 0.6) is 11.5 Å². The summed E-state index contributed by atoms with van der Waals surface area (Å²) in [6, 6.07) is 8.39. The molecule has 0 fully saturated rings. The molecule has 0 bridgehead atoms. The zero-order valence-electron chi connectivity index (χ0n) is 25.8. The number of nitrogens with two attached hydrogens (primary N) is 1. The largest absolute Gasteiger partial charge is 0.538 e. The van der Waals surface area contributed by atoms with Gasteiger partial charge < -0.3 is 29.2 Å². The molecule has 0 saturated heterocycles. The number of furan rings is 1. The van der Waals surface area contributed by atoms with Crippen molar-refractivity contribution < 1.29 is 50.2 Å². The van der Waals surface area contributed by atoms with Crippen molar-refractivity contribution in [3.05, 3.63) is 75.3 Å². The summed E-state index contributed by atoms with van der Waals surface area (Å²) in [5.41, 5.74) is 4.02. The van der Waals surface area contributed by atoms with E-state index in [0.29, 0.717) is 4.31 Å². The summed E-state index contributed by atoms with van der Waals surface area (Å²) in [7, 11) is -4.69. The van der Waals surface area contributed by atoms with E-state index in [9.17, 15) is 31.9 Å². The van der Waals surface area contributed by atoms with Crippen LogP contribution in [-0.4, -0.2) is 46.4 Å². The number of rotatable bonds is 8. The van der Waals surface area contributed by atoms with Crippen LogP contribution in [-0.2, 0) is 34.4 Å². The highest BCUT2D eigenvalue weighted by atomic mass is 35.5. The summed E-state index contributed by atoms with van der Waals surface area (Å²) in [5.74, 6) is -5.43. The topological polar surface area (TPSA) is 159 Å². The van der Waals surface area contributed by atoms with Gasteiger partial charge in [0.1, 0.15) is 5.82 Å². The first-order chi connectivity index (χ1) is 21.2. The highest BCUT2D eigenvalue weighted by molar-refractivity contribution is 7.92. The number of benzene rings is 2. The molecule has 2 heterocycles. The Bertz CT molecular complexity index is 1830. The van der Waals surface area contributed by atoms with E-state index in [0.717, 1.165) is 14.0 Å². The molecule has 46 heavy (non-hydrogen) atoms. The molecule has 1 aliphatic heterocycles. The normalized spacial score (nSPS) is 16.5. The quantitative estimate of drug-likeness (QED) is 0.196. The number of sulfonamides is 1. The minimum atomic E-state index is -3.80. The molecule has 0 amide bonds. The molecular weight excluding hydrogens is 689 g/mol. The van der Waals surface area contributed by atoms with Gasteiger partial charge in [-0.05, 0) is 51.7 Å². The minimum Gasteiger partial charge on any atom is -0.538 e. The Kier molecular flexibility index (Phi) is 10.8. The molecule has 2 aromatic carbocycles. The first-order valence-corrected chi connectivity index (χ1v) is 19.3. The smallest absolute Gasteiger partial charge is 0.308 e. The lowest BCUT2D eigenvalue weighted by atomic mass is 9.91. The van der Waals surface area contributed by atoms with Gasteiger partial charge in [-0.25, -0.2) is 21.5 Å². The van der Waals surface area contributed by atoms with E-state index in [-0.39, 0.29) is 38.6 Å². The number of esters is 1. The van der Waals surface area contributed by atoms with Crippen LogP contribution >= 0.6 is 23.2 Å². The number of anilines is 1. The lowest BCUT2D eigenvalue weighted by Gasteiger charge is -2.24. The van der Waals surface area contributed by atoms with Crippen molar-refractivity contribution >= 4 is 59.2 Å². The molecule has 1 unspecified atom stereocenters. The number of Topliss-reactive ketones (excluding diaryl/α,β-unsaturated/α-hetero) is 1. The number of ketones is 1. The maximum absolute atomic E-state index is 14.2. The molecule has 4 rings (SSSR count). The molecule has 11 nitrogen and oxygen atoms in total. The molecule has 3 N–H and O–H groups in total. The Morgan fingerprint density at radius 1 is 1.11 bits per heavy atom. The minimum absolute atomic E-state index is 0.0314. The maximum atomic E-state index is 14.2. The molecule has 0 aliphatic carbocycles. The van der Waals surface area contributed by atoms with E-state index in [2.05, 4.69) is 0 Å². The zero-order chi connectivity index (χ0) is 34.9. The molecule has 1 aliphatic rings. The molecule has 0 saturated carbocycles. The van der Waals surface area contributed by atoms with Gasteiger partial charge >= 0.3 is 5.97 Å². The van der Waals surface area contributed by atoms with E-state index in [4.69, 9.17) is 47.3 Å². The van der Waals surface area contributed by atoms with E-state index in [1.807, 2.05) is 19.6 Å². The molecule has 0 spiro atoms. The van der Waals surface area contributed by atoms with Crippen LogP contribution in [0.1, 0.15) is 26.3 Å². The number of halogens is 4. The van der Waals surface area contributed by atoms with E-state index in [1.54, 1.807) is 6.07 Å². The van der Waals surface area contributed by atoms with Crippen LogP contribution in [0.2, 0.25) is 29.7 Å². The Balaban J connectivity index is 0.000000254. The third-order valence-electron chi connectivity index (χ3n) is 6.38. The fraction of sp³-hybridized carbons (Fsp3) is 0.310. The van der Waals surface area contributed by atoms with Crippen molar-refractivity contribution in [1.29, 1.82) is 0 Å². The van der Waals surface area contributed by atoms with Gasteiger partial charge in [-0.15, -0.1) is 0 Å². The van der Waals surface area contributed by atoms with E-state index < -0.39 is 70.5 Å². The average Bonchev–Trinajstić information content (AvgIpc) is 3.38. The lowest BCUT2D eigenvalue weighted by Crippen LogP contribution is -2.35. The zero-order valence-corrected chi connectivity index (χ0v) is 29.2. The Labute approximate surface area is 275 Å². The highest BCUT2D eigenvalue weighted by Crippen LogP contribution is 2.49. The Morgan fingerprint density at radius 3 is 2.22 bits per heavy atom. The second kappa shape index (κ2) is 13.5. The van der Waals surface area contributed by atoms with Gasteiger partial charge in [-0.1, -0.05) is 41.4 Å². The second-order valence-electron chi connectivity index (χ2n) is 11.0. The van der Waals surface area contributed by atoms with Crippen LogP contribution in [0.25, 0.3) is 11.3 Å². The second-order valence-corrected chi connectivity index (χ2v) is 18.5. The van der Waals surface area contributed by atoms with E-state index >= 15 is 0 Å². The standard InChI is InChI=1S/C15H15ClFNO6S.C14H17ClFNO3Si/c1-4-25(21,22)18(3)15-14(23-8(2)19)12(20)13(24-15)9-6-5-7-10(16)11(9)17;1-14(8-6-5-7-9(15)10(8)16)12(18)11(13(17)19-14)20-21(2,3)4/h5-7,20H,4H2,1-3H3;5-7H,17H2,1-4H3. The number of carbonyl (C=O) groups excluding carboxylic acids is 2. The number of aromatic hydroxyl groups is 1. The van der Waals surface area contributed by atoms with Crippen molar-refractivity contribution in [3.63, 3.8) is 0 Å². The summed E-state index contributed by atoms with van der Waals surface area (Å²) in [6.07, 6.45) is 0.